The molecule has 2 heterocycles. The van der Waals surface area contributed by atoms with Crippen molar-refractivity contribution in [2.45, 2.75) is 9.79 Å². The minimum atomic E-state index is -0.145. The molecule has 2 aliphatic heterocycles. The maximum atomic E-state index is 2.66. The van der Waals surface area contributed by atoms with E-state index in [-0.39, 0.29) is 6.71 Å². The molecule has 0 fully saturated rings. The Kier molecular flexibility index (Phi) is 13.9. The summed E-state index contributed by atoms with van der Waals surface area (Å²) >= 11 is 1.89. The Bertz CT molecular complexity index is 4960. The lowest BCUT2D eigenvalue weighted by atomic mass is 9.34. The van der Waals surface area contributed by atoms with Crippen LogP contribution in [-0.2, 0) is 0 Å². The molecule has 0 aliphatic carbocycles. The third-order valence-electron chi connectivity index (χ3n) is 18.2. The third-order valence-corrected chi connectivity index (χ3v) is 19.3. The largest absolute Gasteiger partial charge is 0.310 e. The van der Waals surface area contributed by atoms with Crippen molar-refractivity contribution in [2.75, 3.05) is 19.6 Å². The lowest BCUT2D eigenvalue weighted by Crippen LogP contribution is -2.60. The van der Waals surface area contributed by atoms with Gasteiger partial charge in [-0.25, -0.2) is 0 Å². The quantitative estimate of drug-likeness (QED) is 0.0840. The molecule has 0 spiro atoms. The van der Waals surface area contributed by atoms with Crippen LogP contribution in [0.25, 0.3) is 54.9 Å². The molecule has 0 N–H and O–H groups in total. The van der Waals surface area contributed by atoms with Crippen LogP contribution in [-0.4, -0.2) is 6.71 Å². The fourth-order valence-corrected chi connectivity index (χ4v) is 15.5. The van der Waals surface area contributed by atoms with Crippen LogP contribution in [0.2, 0.25) is 0 Å². The predicted octanol–water partition coefficient (Wildman–Crippen LogP) is 22.2. The van der Waals surface area contributed by atoms with Crippen LogP contribution in [0.5, 0.6) is 0 Å². The summed E-state index contributed by atoms with van der Waals surface area (Å²) in [6.45, 7) is -0.145. The first-order chi connectivity index (χ1) is 45.7. The van der Waals surface area contributed by atoms with Crippen LogP contribution < -0.4 is 36.0 Å². The maximum Gasteiger partial charge on any atom is 0.249 e. The van der Waals surface area contributed by atoms with Crippen molar-refractivity contribution in [1.29, 1.82) is 0 Å². The molecule has 2 aliphatic rings. The zero-order valence-electron chi connectivity index (χ0n) is 50.3. The van der Waals surface area contributed by atoms with Gasteiger partial charge in [-0.2, -0.15) is 0 Å². The zero-order chi connectivity index (χ0) is 60.9. The van der Waals surface area contributed by atoms with Gasteiger partial charge in [-0.1, -0.05) is 272 Å². The fraction of sp³-hybridized carbons (Fsp3) is 0. The van der Waals surface area contributed by atoms with E-state index in [1.165, 1.54) is 53.3 Å². The van der Waals surface area contributed by atoms with Gasteiger partial charge in [0, 0.05) is 88.6 Å². The molecule has 92 heavy (non-hydrogen) atoms. The SMILES string of the molecule is c1ccc(-c2cccc(-c3ccccc3)c2N2c3cc(-c4c5ccccc5c(N(c5ccccc5)c5ccccc5)c5ccccc45)ccc3B3c4ccc(N(c5ccccc5)c5ccccc5)cc4Sc4cc(N(c5ccccc5)c5ccccc5)cc2c43)cc1. The lowest BCUT2D eigenvalue weighted by molar-refractivity contribution is 1.23. The van der Waals surface area contributed by atoms with Crippen LogP contribution in [0.15, 0.2) is 368 Å². The molecule has 6 heteroatoms. The van der Waals surface area contributed by atoms with Gasteiger partial charge in [-0.3, -0.25) is 0 Å². The van der Waals surface area contributed by atoms with Crippen molar-refractivity contribution in [3.63, 3.8) is 0 Å². The summed E-state index contributed by atoms with van der Waals surface area (Å²) in [6.07, 6.45) is 0. The van der Waals surface area contributed by atoms with Crippen molar-refractivity contribution in [3.05, 3.63) is 358 Å². The van der Waals surface area contributed by atoms with Gasteiger partial charge in [0.15, 0.2) is 0 Å². The first kappa shape index (κ1) is 54.6. The Balaban J connectivity index is 0.983. The fourth-order valence-electron chi connectivity index (χ4n) is 14.3. The topological polar surface area (TPSA) is 13.0 Å². The molecule has 0 amide bonds. The minimum Gasteiger partial charge on any atom is -0.310 e. The van der Waals surface area contributed by atoms with E-state index in [0.717, 1.165) is 96.1 Å². The van der Waals surface area contributed by atoms with Crippen molar-refractivity contribution in [3.8, 4) is 33.4 Å². The second-order valence-corrected chi connectivity index (χ2v) is 24.6. The molecule has 0 saturated carbocycles. The highest BCUT2D eigenvalue weighted by molar-refractivity contribution is 8.00. The summed E-state index contributed by atoms with van der Waals surface area (Å²) in [6, 6.07) is 131. The van der Waals surface area contributed by atoms with E-state index < -0.39 is 0 Å². The number of hydrogen-bond donors (Lipinski definition) is 0. The summed E-state index contributed by atoms with van der Waals surface area (Å²) in [7, 11) is 0. The molecule has 0 radical (unpaired) electrons. The highest BCUT2D eigenvalue weighted by Crippen LogP contribution is 2.54. The minimum absolute atomic E-state index is 0.145. The lowest BCUT2D eigenvalue weighted by Gasteiger charge is -2.43. The van der Waals surface area contributed by atoms with E-state index in [2.05, 4.69) is 378 Å². The van der Waals surface area contributed by atoms with Crippen LogP contribution in [0.3, 0.4) is 0 Å². The molecule has 0 saturated heterocycles. The van der Waals surface area contributed by atoms with Crippen molar-refractivity contribution < 1.29 is 0 Å². The zero-order valence-corrected chi connectivity index (χ0v) is 51.2. The monoisotopic (exact) mass is 1190 g/mol. The molecule has 15 aromatic carbocycles. The number of hydrogen-bond acceptors (Lipinski definition) is 5. The molecule has 0 bridgehead atoms. The second kappa shape index (κ2) is 23.4. The molecule has 4 nitrogen and oxygen atoms in total. The Morgan fingerprint density at radius 2 is 0.652 bits per heavy atom. The molecule has 15 aromatic rings. The van der Waals surface area contributed by atoms with Gasteiger partial charge in [0.1, 0.15) is 0 Å². The predicted molar refractivity (Wildman–Crippen MR) is 392 cm³/mol. The molecule has 0 unspecified atom stereocenters. The number of rotatable bonds is 13. The smallest absolute Gasteiger partial charge is 0.249 e. The van der Waals surface area contributed by atoms with E-state index >= 15 is 0 Å². The summed E-state index contributed by atoms with van der Waals surface area (Å²) in [5, 5.41) is 4.68. The molecular weight excluding hydrogens is 1130 g/mol. The van der Waals surface area contributed by atoms with E-state index in [4.69, 9.17) is 0 Å². The molecular formula is C86H59BN4S. The van der Waals surface area contributed by atoms with Gasteiger partial charge in [-0.05, 0) is 147 Å². The highest BCUT2D eigenvalue weighted by Gasteiger charge is 2.43. The van der Waals surface area contributed by atoms with Gasteiger partial charge in [0.25, 0.3) is 0 Å². The third kappa shape index (κ3) is 9.51. The average Bonchev–Trinajstić information content (AvgIpc) is 0.706. The van der Waals surface area contributed by atoms with Crippen molar-refractivity contribution >= 4 is 125 Å². The Labute approximate surface area is 541 Å². The number of nitrogens with zero attached hydrogens (tertiary/aromatic N) is 4. The van der Waals surface area contributed by atoms with Gasteiger partial charge in [0.2, 0.25) is 6.71 Å². The summed E-state index contributed by atoms with van der Waals surface area (Å²) < 4.78 is 0. The molecule has 432 valence electrons. The summed E-state index contributed by atoms with van der Waals surface area (Å²) in [4.78, 5) is 12.4. The van der Waals surface area contributed by atoms with Crippen molar-refractivity contribution in [1.82, 2.24) is 0 Å². The van der Waals surface area contributed by atoms with Crippen LogP contribution in [0.1, 0.15) is 0 Å². The Morgan fingerprint density at radius 1 is 0.261 bits per heavy atom. The van der Waals surface area contributed by atoms with Crippen LogP contribution >= 0.6 is 11.8 Å². The van der Waals surface area contributed by atoms with Crippen LogP contribution in [0, 0.1) is 0 Å². The highest BCUT2D eigenvalue weighted by atomic mass is 32.2. The Hall–Kier alpha value is -11.6. The number of benzene rings is 15. The normalized spacial score (nSPS) is 12.0. The second-order valence-electron chi connectivity index (χ2n) is 23.5. The number of para-hydroxylation sites is 7. The van der Waals surface area contributed by atoms with Gasteiger partial charge < -0.3 is 19.6 Å². The van der Waals surface area contributed by atoms with E-state index in [9.17, 15) is 0 Å². The first-order valence-electron chi connectivity index (χ1n) is 31.5. The van der Waals surface area contributed by atoms with Gasteiger partial charge >= 0.3 is 0 Å². The summed E-state index contributed by atoms with van der Waals surface area (Å²) in [5.41, 5.74) is 23.9. The van der Waals surface area contributed by atoms with E-state index in [1.807, 2.05) is 11.8 Å². The number of fused-ring (bicyclic) bond motifs is 6. The average molecular weight is 1190 g/mol. The van der Waals surface area contributed by atoms with Crippen molar-refractivity contribution in [2.24, 2.45) is 0 Å². The summed E-state index contributed by atoms with van der Waals surface area (Å²) in [5.74, 6) is 0. The standard InChI is InChI=1S/C86H59BN4S/c1-9-30-60(31-10-1)71-50-29-51-72(61-32-11-2-12-33-61)85(71)91-79-56-62(83-73-46-25-27-48-75(73)86(76-49-28-26-47-74(76)83)90(67-42-21-7-22-43-67)68-44-23-8-24-45-68)52-54-77(79)87-78-55-53-69(88(63-34-13-3-14-35-63)64-36-15-4-16-37-64)58-81(78)92-82-59-70(57-80(91)84(82)87)89(65-38-17-5-18-39-65)66-40-19-6-20-41-66/h1-59H. The molecule has 0 aromatic heterocycles. The maximum absolute atomic E-state index is 2.66. The Morgan fingerprint density at radius 3 is 1.12 bits per heavy atom. The van der Waals surface area contributed by atoms with Gasteiger partial charge in [-0.15, -0.1) is 0 Å². The molecule has 17 rings (SSSR count). The molecule has 0 atom stereocenters. The first-order valence-corrected chi connectivity index (χ1v) is 32.3. The van der Waals surface area contributed by atoms with E-state index in [0.29, 0.717) is 0 Å². The van der Waals surface area contributed by atoms with Crippen LogP contribution in [0.4, 0.5) is 68.2 Å². The van der Waals surface area contributed by atoms with Gasteiger partial charge in [0.05, 0.1) is 11.4 Å². The van der Waals surface area contributed by atoms with E-state index in [1.54, 1.807) is 0 Å². The number of anilines is 12.